The van der Waals surface area contributed by atoms with Crippen LogP contribution in [0.3, 0.4) is 0 Å². The molecule has 0 aliphatic heterocycles. The third-order valence-corrected chi connectivity index (χ3v) is 4.21. The first-order valence-corrected chi connectivity index (χ1v) is 7.16. The number of rotatable bonds is 4. The smallest absolute Gasteiger partial charge is 0.123 e. The molecule has 108 valence electrons. The van der Waals surface area contributed by atoms with E-state index in [1.54, 1.807) is 4.68 Å². The molecule has 2 rings (SSSR count). The summed E-state index contributed by atoms with van der Waals surface area (Å²) in [6, 6.07) is 4.01. The van der Waals surface area contributed by atoms with E-state index in [0.29, 0.717) is 17.7 Å². The second kappa shape index (κ2) is 5.93. The maximum absolute atomic E-state index is 13.3. The molecule has 6 heteroatoms. The summed E-state index contributed by atoms with van der Waals surface area (Å²) in [6.07, 6.45) is 0.242. The third kappa shape index (κ3) is 2.86. The first-order valence-electron chi connectivity index (χ1n) is 6.37. The molecule has 2 aromatic rings. The Kier molecular flexibility index (Phi) is 4.45. The fourth-order valence-corrected chi connectivity index (χ4v) is 2.95. The van der Waals surface area contributed by atoms with Gasteiger partial charge in [0.15, 0.2) is 0 Å². The van der Waals surface area contributed by atoms with Gasteiger partial charge in [0.05, 0.1) is 22.0 Å². The molecule has 1 unspecified atom stereocenters. The van der Waals surface area contributed by atoms with Crippen molar-refractivity contribution in [1.82, 2.24) is 9.78 Å². The maximum Gasteiger partial charge on any atom is 0.123 e. The third-order valence-electron chi connectivity index (χ3n) is 3.30. The number of nitrogens with zero attached hydrogens (tertiary/aromatic N) is 2. The number of anilines is 1. The molecular weight excluding hydrogens is 325 g/mol. The highest BCUT2D eigenvalue weighted by molar-refractivity contribution is 9.10. The summed E-state index contributed by atoms with van der Waals surface area (Å²) in [7, 11) is 1.82. The molecule has 1 aromatic carbocycles. The molecule has 4 nitrogen and oxygen atoms in total. The van der Waals surface area contributed by atoms with Gasteiger partial charge in [-0.15, -0.1) is 0 Å². The molecule has 1 atom stereocenters. The highest BCUT2D eigenvalue weighted by Gasteiger charge is 2.19. The molecule has 0 saturated carbocycles. The van der Waals surface area contributed by atoms with Crippen molar-refractivity contribution < 1.29 is 9.50 Å². The van der Waals surface area contributed by atoms with E-state index < -0.39 is 11.9 Å². The van der Waals surface area contributed by atoms with E-state index in [4.69, 9.17) is 5.73 Å². The van der Waals surface area contributed by atoms with Gasteiger partial charge in [0.1, 0.15) is 5.82 Å². The minimum Gasteiger partial charge on any atom is -0.398 e. The minimum atomic E-state index is -0.873. The number of nitrogens with two attached hydrogens (primary N) is 1. The molecular formula is C14H17BrFN3O. The molecule has 0 fully saturated rings. The van der Waals surface area contributed by atoms with Gasteiger partial charge < -0.3 is 10.8 Å². The average molecular weight is 342 g/mol. The average Bonchev–Trinajstić information content (AvgIpc) is 2.68. The van der Waals surface area contributed by atoms with Crippen LogP contribution in [0.15, 0.2) is 22.7 Å². The number of aliphatic hydroxyl groups excluding tert-OH is 1. The van der Waals surface area contributed by atoms with E-state index in [1.165, 1.54) is 18.2 Å². The van der Waals surface area contributed by atoms with Gasteiger partial charge in [-0.1, -0.05) is 6.92 Å². The molecule has 3 N–H and O–H groups in total. The number of aromatic nitrogens is 2. The van der Waals surface area contributed by atoms with E-state index in [-0.39, 0.29) is 0 Å². The zero-order valence-electron chi connectivity index (χ0n) is 11.4. The summed E-state index contributed by atoms with van der Waals surface area (Å²) in [5.74, 6) is -0.411. The summed E-state index contributed by atoms with van der Waals surface area (Å²) in [5.41, 5.74) is 8.36. The number of hydrogen-bond acceptors (Lipinski definition) is 3. The lowest BCUT2D eigenvalue weighted by atomic mass is 10.0. The molecule has 0 saturated heterocycles. The van der Waals surface area contributed by atoms with E-state index in [2.05, 4.69) is 21.0 Å². The van der Waals surface area contributed by atoms with Crippen LogP contribution in [-0.2, 0) is 19.9 Å². The van der Waals surface area contributed by atoms with E-state index in [1.807, 2.05) is 14.0 Å². The van der Waals surface area contributed by atoms with Crippen LogP contribution in [0.4, 0.5) is 10.1 Å². The van der Waals surface area contributed by atoms with Crippen molar-refractivity contribution in [1.29, 1.82) is 0 Å². The van der Waals surface area contributed by atoms with Gasteiger partial charge in [0.25, 0.3) is 0 Å². The first kappa shape index (κ1) is 15.0. The van der Waals surface area contributed by atoms with Crippen molar-refractivity contribution in [3.63, 3.8) is 0 Å². The minimum absolute atomic E-state index is 0.317. The molecule has 0 radical (unpaired) electrons. The fourth-order valence-electron chi connectivity index (χ4n) is 2.17. The van der Waals surface area contributed by atoms with E-state index in [9.17, 15) is 9.50 Å². The first-order chi connectivity index (χ1) is 9.43. The zero-order chi connectivity index (χ0) is 14.9. The van der Waals surface area contributed by atoms with Crippen molar-refractivity contribution in [2.45, 2.75) is 25.9 Å². The fraction of sp³-hybridized carbons (Fsp3) is 0.357. The van der Waals surface area contributed by atoms with E-state index >= 15 is 0 Å². The van der Waals surface area contributed by atoms with Gasteiger partial charge >= 0.3 is 0 Å². The Morgan fingerprint density at radius 3 is 2.80 bits per heavy atom. The quantitative estimate of drug-likeness (QED) is 0.840. The number of hydrogen-bond donors (Lipinski definition) is 2. The summed E-state index contributed by atoms with van der Waals surface area (Å²) >= 11 is 3.50. The van der Waals surface area contributed by atoms with Gasteiger partial charge in [-0.25, -0.2) is 4.39 Å². The van der Waals surface area contributed by atoms with Crippen LogP contribution >= 0.6 is 15.9 Å². The normalized spacial score (nSPS) is 12.7. The van der Waals surface area contributed by atoms with Crippen molar-refractivity contribution in [3.05, 3.63) is 45.4 Å². The predicted molar refractivity (Wildman–Crippen MR) is 79.8 cm³/mol. The Morgan fingerprint density at radius 1 is 1.50 bits per heavy atom. The summed E-state index contributed by atoms with van der Waals surface area (Å²) in [5, 5.41) is 14.7. The molecule has 0 bridgehead atoms. The molecule has 0 spiro atoms. The highest BCUT2D eigenvalue weighted by Crippen LogP contribution is 2.29. The lowest BCUT2D eigenvalue weighted by Gasteiger charge is -2.14. The molecule has 0 amide bonds. The Morgan fingerprint density at radius 2 is 2.20 bits per heavy atom. The SMILES string of the molecule is CCc1nn(C)c(CC(O)c2cc(F)ccc2N)c1Br. The van der Waals surface area contributed by atoms with Gasteiger partial charge in [0, 0.05) is 24.7 Å². The van der Waals surface area contributed by atoms with Crippen LogP contribution in [0, 0.1) is 5.82 Å². The number of aliphatic hydroxyl groups is 1. The van der Waals surface area contributed by atoms with Crippen molar-refractivity contribution >= 4 is 21.6 Å². The van der Waals surface area contributed by atoms with Crippen LogP contribution in [0.25, 0.3) is 0 Å². The van der Waals surface area contributed by atoms with Crippen LogP contribution in [0.2, 0.25) is 0 Å². The van der Waals surface area contributed by atoms with Gasteiger partial charge in [0.2, 0.25) is 0 Å². The number of nitrogen functional groups attached to an aromatic ring is 1. The van der Waals surface area contributed by atoms with E-state index in [0.717, 1.165) is 22.3 Å². The summed E-state index contributed by atoms with van der Waals surface area (Å²) in [4.78, 5) is 0. The lowest BCUT2D eigenvalue weighted by molar-refractivity contribution is 0.176. The summed E-state index contributed by atoms with van der Waals surface area (Å²) < 4.78 is 15.9. The van der Waals surface area contributed by atoms with Crippen LogP contribution in [0.1, 0.15) is 30.0 Å². The largest absolute Gasteiger partial charge is 0.398 e. The predicted octanol–water partition coefficient (Wildman–Crippen LogP) is 2.74. The Balaban J connectivity index is 2.30. The molecule has 20 heavy (non-hydrogen) atoms. The van der Waals surface area contributed by atoms with Crippen LogP contribution < -0.4 is 5.73 Å². The lowest BCUT2D eigenvalue weighted by Crippen LogP contribution is -2.09. The van der Waals surface area contributed by atoms with Crippen LogP contribution in [0.5, 0.6) is 0 Å². The molecule has 0 aliphatic rings. The second-order valence-electron chi connectivity index (χ2n) is 4.68. The highest BCUT2D eigenvalue weighted by atomic mass is 79.9. The monoisotopic (exact) mass is 341 g/mol. The van der Waals surface area contributed by atoms with Crippen LogP contribution in [-0.4, -0.2) is 14.9 Å². The Labute approximate surface area is 125 Å². The topological polar surface area (TPSA) is 64.1 Å². The standard InChI is InChI=1S/C14H17BrFN3O/c1-3-11-14(15)12(19(2)18-11)7-13(20)9-6-8(16)4-5-10(9)17/h4-6,13,20H,3,7,17H2,1-2H3. The molecule has 1 heterocycles. The van der Waals surface area contributed by atoms with Gasteiger partial charge in [-0.2, -0.15) is 5.10 Å². The second-order valence-corrected chi connectivity index (χ2v) is 5.47. The van der Waals surface area contributed by atoms with Crippen molar-refractivity contribution in [2.24, 2.45) is 7.05 Å². The van der Waals surface area contributed by atoms with Gasteiger partial charge in [-0.05, 0) is 40.5 Å². The van der Waals surface area contributed by atoms with Gasteiger partial charge in [-0.3, -0.25) is 4.68 Å². The maximum atomic E-state index is 13.3. The Bertz CT molecular complexity index is 627. The zero-order valence-corrected chi connectivity index (χ0v) is 13.0. The van der Waals surface area contributed by atoms with Crippen molar-refractivity contribution in [3.8, 4) is 0 Å². The summed E-state index contributed by atoms with van der Waals surface area (Å²) in [6.45, 7) is 2.01. The number of halogens is 2. The van der Waals surface area contributed by atoms with Crippen molar-refractivity contribution in [2.75, 3.05) is 5.73 Å². The molecule has 1 aromatic heterocycles. The Hall–Kier alpha value is -1.40. The number of benzene rings is 1. The number of aryl methyl sites for hydroxylation is 2. The molecule has 0 aliphatic carbocycles.